The quantitative estimate of drug-likeness (QED) is 0.669. The highest BCUT2D eigenvalue weighted by Crippen LogP contribution is 2.29. The van der Waals surface area contributed by atoms with Crippen molar-refractivity contribution >= 4 is 29.4 Å². The Hall–Kier alpha value is -3.01. The van der Waals surface area contributed by atoms with Gasteiger partial charge in [-0.05, 0) is 31.0 Å². The van der Waals surface area contributed by atoms with Gasteiger partial charge >= 0.3 is 6.61 Å². The van der Waals surface area contributed by atoms with E-state index in [0.717, 1.165) is 6.42 Å². The van der Waals surface area contributed by atoms with Crippen LogP contribution < -0.4 is 10.1 Å². The fraction of sp³-hybridized carbons (Fsp3) is 0.429. The Kier molecular flexibility index (Phi) is 7.44. The van der Waals surface area contributed by atoms with Gasteiger partial charge in [0.2, 0.25) is 11.9 Å². The first-order chi connectivity index (χ1) is 15.2. The molecule has 2 atom stereocenters. The Morgan fingerprint density at radius 1 is 1.31 bits per heavy atom. The molecule has 3 rings (SSSR count). The fourth-order valence-corrected chi connectivity index (χ4v) is 3.84. The second-order valence-electron chi connectivity index (χ2n) is 7.55. The molecule has 0 saturated carbocycles. The molecule has 1 fully saturated rings. The molecule has 0 radical (unpaired) electrons. The van der Waals surface area contributed by atoms with Crippen LogP contribution >= 0.6 is 11.6 Å². The first kappa shape index (κ1) is 23.6. The predicted octanol–water partition coefficient (Wildman–Crippen LogP) is 3.60. The van der Waals surface area contributed by atoms with E-state index in [0.29, 0.717) is 24.2 Å². The number of nitrogens with zero attached hydrogens (tertiary/aromatic N) is 4. The average Bonchev–Trinajstić information content (AvgIpc) is 3.22. The number of nitrogens with one attached hydrogen (secondary N) is 1. The molecule has 2 aromatic rings. The van der Waals surface area contributed by atoms with E-state index in [9.17, 15) is 18.4 Å². The molecule has 1 aromatic carbocycles. The summed E-state index contributed by atoms with van der Waals surface area (Å²) < 4.78 is 29.0. The van der Waals surface area contributed by atoms with Crippen LogP contribution in [0.2, 0.25) is 5.02 Å². The van der Waals surface area contributed by atoms with E-state index >= 15 is 0 Å². The van der Waals surface area contributed by atoms with Gasteiger partial charge in [0.25, 0.3) is 5.91 Å². The summed E-state index contributed by atoms with van der Waals surface area (Å²) in [6.45, 7) is 1.41. The molecular weight excluding hydrogens is 444 g/mol. The van der Waals surface area contributed by atoms with Crippen LogP contribution in [0.4, 0.5) is 14.7 Å². The third-order valence-electron chi connectivity index (χ3n) is 5.40. The van der Waals surface area contributed by atoms with Crippen LogP contribution in [-0.2, 0) is 4.79 Å². The number of ether oxygens (including phenoxy) is 1. The van der Waals surface area contributed by atoms with Crippen LogP contribution in [-0.4, -0.2) is 64.4 Å². The average molecular weight is 468 g/mol. The molecule has 0 aliphatic carbocycles. The van der Waals surface area contributed by atoms with Gasteiger partial charge in [0.05, 0.1) is 17.6 Å². The van der Waals surface area contributed by atoms with Crippen molar-refractivity contribution in [3.63, 3.8) is 0 Å². The molecule has 32 heavy (non-hydrogen) atoms. The molecule has 2 heterocycles. The molecule has 1 saturated heterocycles. The summed E-state index contributed by atoms with van der Waals surface area (Å²) in [5, 5.41) is 3.32. The maximum absolute atomic E-state index is 12.7. The van der Waals surface area contributed by atoms with Gasteiger partial charge < -0.3 is 19.9 Å². The summed E-state index contributed by atoms with van der Waals surface area (Å²) in [6.07, 6.45) is 3.60. The van der Waals surface area contributed by atoms with Crippen LogP contribution in [0.25, 0.3) is 0 Å². The zero-order valence-electron chi connectivity index (χ0n) is 17.9. The third kappa shape index (κ3) is 5.61. The summed E-state index contributed by atoms with van der Waals surface area (Å²) in [4.78, 5) is 36.0. The van der Waals surface area contributed by atoms with E-state index in [1.165, 1.54) is 31.5 Å². The highest BCUT2D eigenvalue weighted by molar-refractivity contribution is 6.31. The molecule has 1 aromatic heterocycles. The zero-order valence-corrected chi connectivity index (χ0v) is 18.6. The second kappa shape index (κ2) is 10.1. The van der Waals surface area contributed by atoms with Gasteiger partial charge in [0.1, 0.15) is 5.75 Å². The largest absolute Gasteiger partial charge is 0.435 e. The van der Waals surface area contributed by atoms with Crippen molar-refractivity contribution < 1.29 is 23.1 Å². The summed E-state index contributed by atoms with van der Waals surface area (Å²) in [6, 6.07) is 3.97. The summed E-state index contributed by atoms with van der Waals surface area (Å²) >= 11 is 6.19. The number of carbonyl (C=O) groups is 2. The number of rotatable bonds is 7. The number of benzene rings is 1. The number of alkyl halides is 2. The second-order valence-corrected chi connectivity index (χ2v) is 7.95. The van der Waals surface area contributed by atoms with E-state index in [4.69, 9.17) is 11.6 Å². The normalized spacial score (nSPS) is 16.7. The van der Waals surface area contributed by atoms with Gasteiger partial charge in [-0.2, -0.15) is 8.78 Å². The Morgan fingerprint density at radius 3 is 2.59 bits per heavy atom. The minimum Gasteiger partial charge on any atom is -0.435 e. The number of amides is 2. The molecule has 172 valence electrons. The molecule has 2 unspecified atom stereocenters. The van der Waals surface area contributed by atoms with Crippen LogP contribution in [0.1, 0.15) is 42.2 Å². The number of halogens is 3. The van der Waals surface area contributed by atoms with Gasteiger partial charge in [0, 0.05) is 44.5 Å². The third-order valence-corrected chi connectivity index (χ3v) is 5.73. The fourth-order valence-electron chi connectivity index (χ4n) is 3.50. The predicted molar refractivity (Wildman–Crippen MR) is 115 cm³/mol. The number of anilines is 1. The van der Waals surface area contributed by atoms with Crippen LogP contribution in [0.15, 0.2) is 30.6 Å². The zero-order chi connectivity index (χ0) is 23.4. The van der Waals surface area contributed by atoms with Gasteiger partial charge in [-0.25, -0.2) is 9.97 Å². The lowest BCUT2D eigenvalue weighted by Gasteiger charge is -2.23. The molecule has 1 aliphatic heterocycles. The maximum atomic E-state index is 12.7. The van der Waals surface area contributed by atoms with Crippen LogP contribution in [0, 0.1) is 0 Å². The molecule has 1 N–H and O–H groups in total. The van der Waals surface area contributed by atoms with Gasteiger partial charge in [-0.3, -0.25) is 9.59 Å². The van der Waals surface area contributed by atoms with E-state index < -0.39 is 6.61 Å². The minimum atomic E-state index is -2.93. The minimum absolute atomic E-state index is 0.00129. The lowest BCUT2D eigenvalue weighted by molar-refractivity contribution is -0.129. The number of likely N-dealkylation sites (N-methyl/N-ethyl adjacent to an activating group) is 1. The number of hydrogen-bond acceptors (Lipinski definition) is 6. The standard InChI is InChI=1S/C21H24ClF2N5O3/c1-12(17-5-4-16(8-18(17)22)32-20(23)24)27-21-25-9-14(10-26-21)19(31)29-7-6-15(11-29)28(3)13(2)30/h4-5,8-10,12,15,20H,6-7,11H2,1-3H3,(H,25,26,27). The molecule has 11 heteroatoms. The summed E-state index contributed by atoms with van der Waals surface area (Å²) in [7, 11) is 1.73. The van der Waals surface area contributed by atoms with Crippen LogP contribution in [0.3, 0.4) is 0 Å². The molecule has 1 aliphatic rings. The number of carbonyl (C=O) groups excluding carboxylic acids is 2. The first-order valence-corrected chi connectivity index (χ1v) is 10.4. The topological polar surface area (TPSA) is 87.7 Å². The Labute approximate surface area is 189 Å². The van der Waals surface area contributed by atoms with Crippen molar-refractivity contribution in [2.75, 3.05) is 25.5 Å². The van der Waals surface area contributed by atoms with E-state index in [2.05, 4.69) is 20.0 Å². The Balaban J connectivity index is 1.61. The highest BCUT2D eigenvalue weighted by atomic mass is 35.5. The van der Waals surface area contributed by atoms with Gasteiger partial charge in [-0.15, -0.1) is 0 Å². The Bertz CT molecular complexity index is 976. The molecule has 0 bridgehead atoms. The van der Waals surface area contributed by atoms with E-state index in [1.807, 2.05) is 6.92 Å². The smallest absolute Gasteiger partial charge is 0.387 e. The highest BCUT2D eigenvalue weighted by Gasteiger charge is 2.30. The summed E-state index contributed by atoms with van der Waals surface area (Å²) in [5.74, 6) is 0.0301. The lowest BCUT2D eigenvalue weighted by atomic mass is 10.1. The van der Waals surface area contributed by atoms with Crippen molar-refractivity contribution in [3.8, 4) is 5.75 Å². The molecular formula is C21H24ClF2N5O3. The molecule has 0 spiro atoms. The first-order valence-electron chi connectivity index (χ1n) is 10.0. The van der Waals surface area contributed by atoms with Crippen molar-refractivity contribution in [3.05, 3.63) is 46.7 Å². The van der Waals surface area contributed by atoms with Crippen molar-refractivity contribution in [1.29, 1.82) is 0 Å². The van der Waals surface area contributed by atoms with Crippen molar-refractivity contribution in [2.45, 2.75) is 39.0 Å². The Morgan fingerprint density at radius 2 is 2.00 bits per heavy atom. The monoisotopic (exact) mass is 467 g/mol. The van der Waals surface area contributed by atoms with Crippen molar-refractivity contribution in [1.82, 2.24) is 19.8 Å². The number of hydrogen-bond donors (Lipinski definition) is 1. The maximum Gasteiger partial charge on any atom is 0.387 e. The van der Waals surface area contributed by atoms with Gasteiger partial charge in [-0.1, -0.05) is 17.7 Å². The van der Waals surface area contributed by atoms with Crippen LogP contribution in [0.5, 0.6) is 5.75 Å². The lowest BCUT2D eigenvalue weighted by Crippen LogP contribution is -2.39. The summed E-state index contributed by atoms with van der Waals surface area (Å²) in [5.41, 5.74) is 0.996. The van der Waals surface area contributed by atoms with E-state index in [1.54, 1.807) is 22.9 Å². The molecule has 8 nitrogen and oxygen atoms in total. The number of aromatic nitrogens is 2. The molecule has 2 amide bonds. The van der Waals surface area contributed by atoms with E-state index in [-0.39, 0.29) is 40.6 Å². The number of likely N-dealkylation sites (tertiary alicyclic amines) is 1. The SMILES string of the molecule is CC(=O)N(C)C1CCN(C(=O)c2cnc(NC(C)c3ccc(OC(F)F)cc3Cl)nc2)C1. The van der Waals surface area contributed by atoms with Crippen molar-refractivity contribution in [2.24, 2.45) is 0 Å². The van der Waals surface area contributed by atoms with Gasteiger partial charge in [0.15, 0.2) is 0 Å².